The van der Waals surface area contributed by atoms with Crippen molar-refractivity contribution in [3.63, 3.8) is 0 Å². The van der Waals surface area contributed by atoms with E-state index < -0.39 is 0 Å². The third-order valence-corrected chi connectivity index (χ3v) is 6.92. The van der Waals surface area contributed by atoms with Crippen LogP contribution >= 0.6 is 56.9 Å². The summed E-state index contributed by atoms with van der Waals surface area (Å²) >= 11 is 6.48. The van der Waals surface area contributed by atoms with E-state index in [9.17, 15) is 0 Å². The highest BCUT2D eigenvalue weighted by atomic mass is 127. The summed E-state index contributed by atoms with van der Waals surface area (Å²) in [5.74, 6) is 1.08. The van der Waals surface area contributed by atoms with E-state index >= 15 is 0 Å². The van der Waals surface area contributed by atoms with E-state index in [1.165, 1.54) is 24.1 Å². The number of rotatable bonds is 3. The lowest BCUT2D eigenvalue weighted by molar-refractivity contribution is 0.484. The molecule has 0 bridgehead atoms. The van der Waals surface area contributed by atoms with Gasteiger partial charge in [0.15, 0.2) is 3.77 Å². The second-order valence-corrected chi connectivity index (χ2v) is 7.49. The van der Waals surface area contributed by atoms with Gasteiger partial charge in [0.05, 0.1) is 8.47 Å². The van der Waals surface area contributed by atoms with Gasteiger partial charge >= 0.3 is 0 Å². The SMILES string of the molecule is CCc1oc(I)c(Sc2cccc3ccccc23)c1I. The summed E-state index contributed by atoms with van der Waals surface area (Å²) in [7, 11) is 0. The largest absolute Gasteiger partial charge is 0.453 e. The molecule has 0 aliphatic heterocycles. The standard InChI is InChI=1S/C16H12I2OS/c1-2-12-14(17)15(16(18)19-12)20-13-9-5-7-10-6-3-4-8-11(10)13/h3-9H,2H2,1H3. The summed E-state index contributed by atoms with van der Waals surface area (Å²) in [6, 6.07) is 15.0. The number of hydrogen-bond acceptors (Lipinski definition) is 2. The van der Waals surface area contributed by atoms with Crippen LogP contribution in [0.2, 0.25) is 0 Å². The van der Waals surface area contributed by atoms with Crippen LogP contribution in [0.1, 0.15) is 12.7 Å². The zero-order chi connectivity index (χ0) is 14.1. The van der Waals surface area contributed by atoms with Crippen molar-refractivity contribution in [1.29, 1.82) is 0 Å². The highest BCUT2D eigenvalue weighted by Crippen LogP contribution is 2.40. The van der Waals surface area contributed by atoms with Crippen LogP contribution in [0.4, 0.5) is 0 Å². The fraction of sp³-hybridized carbons (Fsp3) is 0.125. The Morgan fingerprint density at radius 3 is 2.55 bits per heavy atom. The molecule has 0 N–H and O–H groups in total. The summed E-state index contributed by atoms with van der Waals surface area (Å²) in [4.78, 5) is 2.52. The predicted octanol–water partition coefficient (Wildman–Crippen LogP) is 6.36. The van der Waals surface area contributed by atoms with E-state index in [0.29, 0.717) is 0 Å². The number of aryl methyl sites for hydroxylation is 1. The third-order valence-electron chi connectivity index (χ3n) is 3.12. The molecule has 4 heteroatoms. The first-order valence-corrected chi connectivity index (χ1v) is 9.30. The topological polar surface area (TPSA) is 13.1 Å². The molecule has 1 aromatic heterocycles. The highest BCUT2D eigenvalue weighted by Gasteiger charge is 2.17. The Kier molecular flexibility index (Phi) is 4.62. The van der Waals surface area contributed by atoms with Gasteiger partial charge in [0.2, 0.25) is 0 Å². The summed E-state index contributed by atoms with van der Waals surface area (Å²) in [5.41, 5.74) is 0. The van der Waals surface area contributed by atoms with Gasteiger partial charge in [-0.3, -0.25) is 0 Å². The van der Waals surface area contributed by atoms with Crippen LogP contribution in [0.5, 0.6) is 0 Å². The number of furan rings is 1. The van der Waals surface area contributed by atoms with Crippen LogP contribution in [0.15, 0.2) is 56.7 Å². The average Bonchev–Trinajstić information content (AvgIpc) is 2.75. The molecule has 0 fully saturated rings. The second-order valence-electron chi connectivity index (χ2n) is 4.37. The van der Waals surface area contributed by atoms with Crippen molar-refractivity contribution >= 4 is 67.7 Å². The molecule has 0 atom stereocenters. The van der Waals surface area contributed by atoms with Crippen molar-refractivity contribution in [1.82, 2.24) is 0 Å². The first-order chi connectivity index (χ1) is 9.70. The molecule has 2 aromatic carbocycles. The molecule has 20 heavy (non-hydrogen) atoms. The fourth-order valence-corrected chi connectivity index (χ4v) is 5.56. The van der Waals surface area contributed by atoms with Gasteiger partial charge < -0.3 is 4.42 Å². The molecule has 0 aliphatic rings. The van der Waals surface area contributed by atoms with Crippen LogP contribution in [-0.2, 0) is 6.42 Å². The van der Waals surface area contributed by atoms with Gasteiger partial charge in [-0.05, 0) is 39.4 Å². The molecular formula is C16H12I2OS. The van der Waals surface area contributed by atoms with Gasteiger partial charge in [-0.1, -0.05) is 55.1 Å². The van der Waals surface area contributed by atoms with Crippen molar-refractivity contribution in [3.8, 4) is 0 Å². The van der Waals surface area contributed by atoms with Gasteiger partial charge in [-0.15, -0.1) is 0 Å². The van der Waals surface area contributed by atoms with Crippen molar-refractivity contribution in [2.24, 2.45) is 0 Å². The summed E-state index contributed by atoms with van der Waals surface area (Å²) < 4.78 is 8.07. The van der Waals surface area contributed by atoms with Crippen LogP contribution in [-0.4, -0.2) is 0 Å². The van der Waals surface area contributed by atoms with Crippen LogP contribution in [0.3, 0.4) is 0 Å². The number of halogens is 2. The zero-order valence-corrected chi connectivity index (χ0v) is 16.0. The molecule has 0 radical (unpaired) electrons. The molecule has 0 aliphatic carbocycles. The van der Waals surface area contributed by atoms with Crippen molar-refractivity contribution < 1.29 is 4.42 Å². The van der Waals surface area contributed by atoms with Gasteiger partial charge in [0, 0.05) is 33.9 Å². The van der Waals surface area contributed by atoms with Crippen LogP contribution in [0, 0.1) is 7.34 Å². The molecule has 3 rings (SSSR count). The monoisotopic (exact) mass is 506 g/mol. The molecule has 0 saturated carbocycles. The van der Waals surface area contributed by atoms with Crippen LogP contribution in [0.25, 0.3) is 10.8 Å². The first-order valence-electron chi connectivity index (χ1n) is 6.33. The van der Waals surface area contributed by atoms with Crippen molar-refractivity contribution in [3.05, 3.63) is 55.6 Å². The maximum atomic E-state index is 5.84. The van der Waals surface area contributed by atoms with Gasteiger partial charge in [0.25, 0.3) is 0 Å². The predicted molar refractivity (Wildman–Crippen MR) is 102 cm³/mol. The minimum absolute atomic E-state index is 0.935. The van der Waals surface area contributed by atoms with E-state index in [4.69, 9.17) is 4.42 Å². The maximum Gasteiger partial charge on any atom is 0.178 e. The highest BCUT2D eigenvalue weighted by molar-refractivity contribution is 14.1. The van der Waals surface area contributed by atoms with Crippen molar-refractivity contribution in [2.75, 3.05) is 0 Å². The Morgan fingerprint density at radius 2 is 1.80 bits per heavy atom. The van der Waals surface area contributed by atoms with Crippen molar-refractivity contribution in [2.45, 2.75) is 23.1 Å². The Morgan fingerprint density at radius 1 is 1.05 bits per heavy atom. The average molecular weight is 506 g/mol. The number of fused-ring (bicyclic) bond motifs is 1. The second kappa shape index (κ2) is 6.27. The minimum Gasteiger partial charge on any atom is -0.453 e. The third kappa shape index (κ3) is 2.74. The van der Waals surface area contributed by atoms with E-state index in [1.54, 1.807) is 11.8 Å². The number of hydrogen-bond donors (Lipinski definition) is 0. The number of benzene rings is 2. The molecule has 0 amide bonds. The van der Waals surface area contributed by atoms with Gasteiger partial charge in [-0.2, -0.15) is 0 Å². The molecule has 1 heterocycles. The normalized spacial score (nSPS) is 11.2. The van der Waals surface area contributed by atoms with Gasteiger partial charge in [-0.25, -0.2) is 0 Å². The minimum atomic E-state index is 0.935. The van der Waals surface area contributed by atoms with E-state index in [0.717, 1.165) is 15.9 Å². The quantitative estimate of drug-likeness (QED) is 0.384. The lowest BCUT2D eigenvalue weighted by Gasteiger charge is -2.05. The molecule has 1 nitrogen and oxygen atoms in total. The molecular weight excluding hydrogens is 494 g/mol. The molecule has 0 saturated heterocycles. The van der Waals surface area contributed by atoms with E-state index in [1.807, 2.05) is 0 Å². The molecule has 0 unspecified atom stereocenters. The zero-order valence-electron chi connectivity index (χ0n) is 10.8. The van der Waals surface area contributed by atoms with Gasteiger partial charge in [0.1, 0.15) is 5.76 Å². The Hall–Kier alpha value is -0.210. The lowest BCUT2D eigenvalue weighted by atomic mass is 10.1. The molecule has 0 spiro atoms. The maximum absolute atomic E-state index is 5.84. The summed E-state index contributed by atoms with van der Waals surface area (Å²) in [6.45, 7) is 2.13. The van der Waals surface area contributed by atoms with E-state index in [2.05, 4.69) is 94.6 Å². The summed E-state index contributed by atoms with van der Waals surface area (Å²) in [6.07, 6.45) is 0.935. The molecule has 3 aromatic rings. The smallest absolute Gasteiger partial charge is 0.178 e. The van der Waals surface area contributed by atoms with E-state index in [-0.39, 0.29) is 0 Å². The Labute approximate surface area is 149 Å². The Balaban J connectivity index is 2.08. The Bertz CT molecular complexity index is 759. The first kappa shape index (κ1) is 14.7. The molecule has 102 valence electrons. The lowest BCUT2D eigenvalue weighted by Crippen LogP contribution is -1.81. The summed E-state index contributed by atoms with van der Waals surface area (Å²) in [5, 5.41) is 2.58. The fourth-order valence-electron chi connectivity index (χ4n) is 2.12. The van der Waals surface area contributed by atoms with Crippen LogP contribution < -0.4 is 0 Å².